The van der Waals surface area contributed by atoms with Gasteiger partial charge in [-0.3, -0.25) is 0 Å². The molecule has 114 valence electrons. The molecule has 5 heteroatoms. The number of hydrogen-bond acceptors (Lipinski definition) is 3. The molecule has 1 aromatic heterocycles. The summed E-state index contributed by atoms with van der Waals surface area (Å²) in [4.78, 5) is 3.23. The lowest BCUT2D eigenvalue weighted by molar-refractivity contribution is 0.0243. The molecule has 1 aliphatic carbocycles. The molecule has 0 atom stereocenters. The van der Waals surface area contributed by atoms with Gasteiger partial charge in [0.05, 0.1) is 30.9 Å². The predicted molar refractivity (Wildman–Crippen MR) is 86.5 cm³/mol. The van der Waals surface area contributed by atoms with Gasteiger partial charge in [-0.1, -0.05) is 19.3 Å². The molecule has 1 aromatic carbocycles. The minimum Gasteiger partial charge on any atom is -0.497 e. The standard InChI is InChI=1S/C16H22N2O2S/c1-19-13-7-8-14-15(11-13)18(16(21)17-14)9-10-20-12-5-3-2-4-6-12/h7-8,11-12H,2-6,9-10H2,1H3,(H,17,21). The van der Waals surface area contributed by atoms with E-state index < -0.39 is 0 Å². The van der Waals surface area contributed by atoms with Crippen molar-refractivity contribution in [1.29, 1.82) is 0 Å². The van der Waals surface area contributed by atoms with E-state index in [9.17, 15) is 0 Å². The van der Waals surface area contributed by atoms with Crippen LogP contribution in [0.25, 0.3) is 11.0 Å². The fraction of sp³-hybridized carbons (Fsp3) is 0.562. The average Bonchev–Trinajstić information content (AvgIpc) is 2.83. The van der Waals surface area contributed by atoms with Crippen molar-refractivity contribution in [1.82, 2.24) is 9.55 Å². The minimum absolute atomic E-state index is 0.438. The van der Waals surface area contributed by atoms with Crippen LogP contribution in [0.15, 0.2) is 18.2 Å². The summed E-state index contributed by atoms with van der Waals surface area (Å²) >= 11 is 5.41. The fourth-order valence-electron chi connectivity index (χ4n) is 3.02. The van der Waals surface area contributed by atoms with E-state index in [1.54, 1.807) is 7.11 Å². The number of benzene rings is 1. The number of rotatable bonds is 5. The van der Waals surface area contributed by atoms with Crippen molar-refractivity contribution in [3.63, 3.8) is 0 Å². The number of fused-ring (bicyclic) bond motifs is 1. The Morgan fingerprint density at radius 1 is 1.29 bits per heavy atom. The zero-order valence-electron chi connectivity index (χ0n) is 12.4. The highest BCUT2D eigenvalue weighted by atomic mass is 32.1. The average molecular weight is 306 g/mol. The second-order valence-corrected chi connectivity index (χ2v) is 5.98. The Labute approximate surface area is 130 Å². The number of nitrogens with zero attached hydrogens (tertiary/aromatic N) is 1. The van der Waals surface area contributed by atoms with E-state index in [1.165, 1.54) is 32.1 Å². The Morgan fingerprint density at radius 3 is 2.86 bits per heavy atom. The predicted octanol–water partition coefficient (Wildman–Crippen LogP) is 4.06. The quantitative estimate of drug-likeness (QED) is 0.847. The van der Waals surface area contributed by atoms with E-state index in [4.69, 9.17) is 21.7 Å². The van der Waals surface area contributed by atoms with Gasteiger partial charge in [-0.05, 0) is 37.2 Å². The van der Waals surface area contributed by atoms with Crippen LogP contribution in [-0.2, 0) is 11.3 Å². The van der Waals surface area contributed by atoms with Crippen LogP contribution in [0.2, 0.25) is 0 Å². The Hall–Kier alpha value is -1.33. The van der Waals surface area contributed by atoms with Crippen molar-refractivity contribution >= 4 is 23.3 Å². The van der Waals surface area contributed by atoms with Gasteiger partial charge >= 0.3 is 0 Å². The van der Waals surface area contributed by atoms with E-state index in [1.807, 2.05) is 18.2 Å². The summed E-state index contributed by atoms with van der Waals surface area (Å²) in [5.74, 6) is 0.846. The van der Waals surface area contributed by atoms with Crippen LogP contribution < -0.4 is 4.74 Å². The molecule has 1 N–H and O–H groups in total. The first-order valence-electron chi connectivity index (χ1n) is 7.66. The Bertz CT molecular complexity index is 656. The van der Waals surface area contributed by atoms with Crippen LogP contribution in [0, 0.1) is 4.77 Å². The van der Waals surface area contributed by atoms with Crippen LogP contribution in [0.5, 0.6) is 5.75 Å². The second-order valence-electron chi connectivity index (χ2n) is 5.60. The van der Waals surface area contributed by atoms with E-state index >= 15 is 0 Å². The molecule has 0 saturated heterocycles. The number of H-pyrrole nitrogens is 1. The first-order chi connectivity index (χ1) is 10.3. The molecule has 1 saturated carbocycles. The van der Waals surface area contributed by atoms with Crippen LogP contribution in [0.3, 0.4) is 0 Å². The zero-order valence-corrected chi connectivity index (χ0v) is 13.2. The molecule has 1 heterocycles. The van der Waals surface area contributed by atoms with Crippen molar-refractivity contribution in [3.8, 4) is 5.75 Å². The summed E-state index contributed by atoms with van der Waals surface area (Å²) in [6.07, 6.45) is 6.79. The Balaban J connectivity index is 1.70. The Morgan fingerprint density at radius 2 is 2.10 bits per heavy atom. The van der Waals surface area contributed by atoms with Gasteiger partial charge in [0.2, 0.25) is 0 Å². The van der Waals surface area contributed by atoms with Gasteiger partial charge in [-0.15, -0.1) is 0 Å². The molecule has 4 nitrogen and oxygen atoms in total. The van der Waals surface area contributed by atoms with E-state index in [0.717, 1.165) is 28.1 Å². The normalized spacial score (nSPS) is 16.4. The summed E-state index contributed by atoms with van der Waals surface area (Å²) in [5, 5.41) is 0. The molecular weight excluding hydrogens is 284 g/mol. The molecule has 1 aliphatic rings. The van der Waals surface area contributed by atoms with Gasteiger partial charge in [0.25, 0.3) is 0 Å². The highest BCUT2D eigenvalue weighted by Crippen LogP contribution is 2.22. The van der Waals surface area contributed by atoms with Crippen molar-refractivity contribution < 1.29 is 9.47 Å². The summed E-state index contributed by atoms with van der Waals surface area (Å²) in [6, 6.07) is 5.96. The molecule has 21 heavy (non-hydrogen) atoms. The van der Waals surface area contributed by atoms with Crippen molar-refractivity contribution in [3.05, 3.63) is 23.0 Å². The van der Waals surface area contributed by atoms with E-state index in [2.05, 4.69) is 9.55 Å². The summed E-state index contributed by atoms with van der Waals surface area (Å²) in [5.41, 5.74) is 2.12. The largest absolute Gasteiger partial charge is 0.497 e. The van der Waals surface area contributed by atoms with Crippen molar-refractivity contribution in [2.45, 2.75) is 44.8 Å². The number of methoxy groups -OCH3 is 1. The third-order valence-corrected chi connectivity index (χ3v) is 4.53. The van der Waals surface area contributed by atoms with Gasteiger partial charge in [-0.2, -0.15) is 0 Å². The zero-order chi connectivity index (χ0) is 14.7. The molecule has 0 amide bonds. The number of imidazole rings is 1. The lowest BCUT2D eigenvalue weighted by atomic mass is 9.98. The van der Waals surface area contributed by atoms with Gasteiger partial charge < -0.3 is 19.0 Å². The molecule has 1 fully saturated rings. The SMILES string of the molecule is COc1ccc2[nH]c(=S)n(CCOC3CCCCC3)c2c1. The molecule has 0 bridgehead atoms. The van der Waals surface area contributed by atoms with Crippen LogP contribution in [-0.4, -0.2) is 29.4 Å². The highest BCUT2D eigenvalue weighted by Gasteiger charge is 2.13. The molecule has 2 aromatic rings. The van der Waals surface area contributed by atoms with Crippen LogP contribution in [0.4, 0.5) is 0 Å². The molecule has 3 rings (SSSR count). The maximum absolute atomic E-state index is 6.00. The third kappa shape index (κ3) is 3.30. The number of nitrogens with one attached hydrogen (secondary N) is 1. The maximum Gasteiger partial charge on any atom is 0.178 e. The number of aromatic amines is 1. The molecule has 0 spiro atoms. The number of hydrogen-bond donors (Lipinski definition) is 1. The smallest absolute Gasteiger partial charge is 0.178 e. The topological polar surface area (TPSA) is 39.2 Å². The summed E-state index contributed by atoms with van der Waals surface area (Å²) < 4.78 is 14.1. The molecular formula is C16H22N2O2S. The number of ether oxygens (including phenoxy) is 2. The van der Waals surface area contributed by atoms with E-state index in [0.29, 0.717) is 12.7 Å². The van der Waals surface area contributed by atoms with E-state index in [-0.39, 0.29) is 0 Å². The van der Waals surface area contributed by atoms with Crippen molar-refractivity contribution in [2.75, 3.05) is 13.7 Å². The lowest BCUT2D eigenvalue weighted by Gasteiger charge is -2.22. The summed E-state index contributed by atoms with van der Waals surface area (Å²) in [6.45, 7) is 1.49. The first kappa shape index (κ1) is 14.6. The van der Waals surface area contributed by atoms with Gasteiger partial charge in [0.15, 0.2) is 4.77 Å². The van der Waals surface area contributed by atoms with Crippen LogP contribution >= 0.6 is 12.2 Å². The fourth-order valence-corrected chi connectivity index (χ4v) is 3.32. The summed E-state index contributed by atoms with van der Waals surface area (Å²) in [7, 11) is 1.68. The second kappa shape index (κ2) is 6.62. The van der Waals surface area contributed by atoms with Gasteiger partial charge in [0, 0.05) is 12.6 Å². The Kier molecular flexibility index (Phi) is 4.60. The minimum atomic E-state index is 0.438. The molecule has 0 aliphatic heterocycles. The van der Waals surface area contributed by atoms with Crippen molar-refractivity contribution in [2.24, 2.45) is 0 Å². The lowest BCUT2D eigenvalue weighted by Crippen LogP contribution is -2.19. The molecule has 0 unspecified atom stereocenters. The third-order valence-electron chi connectivity index (χ3n) is 4.20. The highest BCUT2D eigenvalue weighted by molar-refractivity contribution is 7.71. The first-order valence-corrected chi connectivity index (χ1v) is 8.07. The monoisotopic (exact) mass is 306 g/mol. The molecule has 0 radical (unpaired) electrons. The van der Waals surface area contributed by atoms with Gasteiger partial charge in [0.1, 0.15) is 5.75 Å². The van der Waals surface area contributed by atoms with Crippen LogP contribution in [0.1, 0.15) is 32.1 Å². The number of aromatic nitrogens is 2. The maximum atomic E-state index is 6.00. The van der Waals surface area contributed by atoms with Gasteiger partial charge in [-0.25, -0.2) is 0 Å².